The van der Waals surface area contributed by atoms with Crippen molar-refractivity contribution in [2.45, 2.75) is 38.8 Å². The lowest BCUT2D eigenvalue weighted by Crippen LogP contribution is -2.45. The number of rotatable bonds is 7. The van der Waals surface area contributed by atoms with Crippen molar-refractivity contribution in [2.75, 3.05) is 18.6 Å². The number of hydrogen-bond donors (Lipinski definition) is 1. The Kier molecular flexibility index (Phi) is 8.16. The van der Waals surface area contributed by atoms with Crippen molar-refractivity contribution in [3.05, 3.63) is 58.6 Å². The van der Waals surface area contributed by atoms with Crippen molar-refractivity contribution in [3.8, 4) is 5.75 Å². The molecule has 0 spiro atoms. The maximum absolute atomic E-state index is 13.0. The van der Waals surface area contributed by atoms with Gasteiger partial charge < -0.3 is 24.8 Å². The highest BCUT2D eigenvalue weighted by Crippen LogP contribution is 2.34. The predicted octanol–water partition coefficient (Wildman–Crippen LogP) is 4.32. The Morgan fingerprint density at radius 3 is 2.52 bits per heavy atom. The molecule has 8 nitrogen and oxygen atoms in total. The molecule has 1 aliphatic heterocycles. The highest BCUT2D eigenvalue weighted by Gasteiger charge is 2.34. The third kappa shape index (κ3) is 6.16. The van der Waals surface area contributed by atoms with E-state index in [1.54, 1.807) is 37.4 Å². The lowest BCUT2D eigenvalue weighted by Gasteiger charge is -2.40. The molecular formula is C24H27ClN2O6. The van der Waals surface area contributed by atoms with Gasteiger partial charge in [0, 0.05) is 17.6 Å². The summed E-state index contributed by atoms with van der Waals surface area (Å²) in [5.41, 5.74) is 6.84. The van der Waals surface area contributed by atoms with E-state index in [1.165, 1.54) is 0 Å². The van der Waals surface area contributed by atoms with Crippen LogP contribution < -0.4 is 15.4 Å². The number of piperidine rings is 1. The van der Waals surface area contributed by atoms with E-state index >= 15 is 0 Å². The molecule has 1 saturated heterocycles. The van der Waals surface area contributed by atoms with E-state index in [0.717, 1.165) is 17.7 Å². The van der Waals surface area contributed by atoms with Crippen LogP contribution in [0, 0.1) is 5.92 Å². The van der Waals surface area contributed by atoms with Gasteiger partial charge in [-0.1, -0.05) is 30.7 Å². The first-order valence-electron chi connectivity index (χ1n) is 10.7. The van der Waals surface area contributed by atoms with Crippen molar-refractivity contribution in [3.63, 3.8) is 0 Å². The zero-order valence-corrected chi connectivity index (χ0v) is 19.3. The molecule has 0 aliphatic carbocycles. The highest BCUT2D eigenvalue weighted by atomic mass is 35.5. The molecule has 1 amide bonds. The predicted molar refractivity (Wildman–Crippen MR) is 123 cm³/mol. The molecule has 9 heteroatoms. The van der Waals surface area contributed by atoms with E-state index in [1.807, 2.05) is 19.1 Å². The number of anilines is 1. The Hall–Kier alpha value is -3.26. The molecule has 0 saturated carbocycles. The molecule has 2 unspecified atom stereocenters. The van der Waals surface area contributed by atoms with Crippen LogP contribution >= 0.6 is 11.6 Å². The molecule has 1 aliphatic rings. The summed E-state index contributed by atoms with van der Waals surface area (Å²) in [5.74, 6) is -0.823. The number of amides is 1. The Labute approximate surface area is 197 Å². The number of benzene rings is 2. The number of esters is 2. The van der Waals surface area contributed by atoms with E-state index in [9.17, 15) is 14.4 Å². The molecule has 33 heavy (non-hydrogen) atoms. The number of nitrogens with zero attached hydrogens (tertiary/aromatic N) is 1. The number of primary amides is 1. The fraction of sp³-hybridized carbons (Fsp3) is 0.375. The summed E-state index contributed by atoms with van der Waals surface area (Å²) in [6.07, 6.45) is 0.565. The van der Waals surface area contributed by atoms with Crippen LogP contribution in [-0.4, -0.2) is 37.7 Å². The molecule has 2 aromatic carbocycles. The Morgan fingerprint density at radius 1 is 1.15 bits per heavy atom. The van der Waals surface area contributed by atoms with Crippen LogP contribution in [-0.2, 0) is 20.9 Å². The van der Waals surface area contributed by atoms with E-state index in [4.69, 9.17) is 26.8 Å². The lowest BCUT2D eigenvalue weighted by molar-refractivity contribution is -0.142. The maximum atomic E-state index is 13.0. The van der Waals surface area contributed by atoms with Crippen LogP contribution in [0.4, 0.5) is 10.5 Å². The van der Waals surface area contributed by atoms with Gasteiger partial charge in [0.1, 0.15) is 12.4 Å². The standard InChI is InChI=1S/C24H27ClN2O6/c1-3-18-12-16(22(28)33-24(26)30)10-11-27(18)21-9-6-17(25)13-20(21)23(29)32-14-15-4-7-19(31-2)8-5-15/h4-9,13,16,18H,3,10-12,14H2,1-2H3,(H2,26,30). The molecule has 0 radical (unpaired) electrons. The summed E-state index contributed by atoms with van der Waals surface area (Å²) in [4.78, 5) is 38.2. The summed E-state index contributed by atoms with van der Waals surface area (Å²) in [6.45, 7) is 2.60. The molecule has 176 valence electrons. The summed E-state index contributed by atoms with van der Waals surface area (Å²) >= 11 is 6.19. The van der Waals surface area contributed by atoms with Gasteiger partial charge in [-0.25, -0.2) is 9.59 Å². The topological polar surface area (TPSA) is 108 Å². The number of carbonyl (C=O) groups excluding carboxylic acids is 3. The second kappa shape index (κ2) is 11.0. The van der Waals surface area contributed by atoms with Gasteiger partial charge in [-0.2, -0.15) is 0 Å². The normalized spacial score (nSPS) is 17.8. The second-order valence-electron chi connectivity index (χ2n) is 7.80. The van der Waals surface area contributed by atoms with E-state index < -0.39 is 23.9 Å². The molecule has 0 bridgehead atoms. The first-order valence-corrected chi connectivity index (χ1v) is 11.1. The number of carbonyl (C=O) groups is 3. The molecule has 2 atom stereocenters. The number of hydrogen-bond acceptors (Lipinski definition) is 7. The summed E-state index contributed by atoms with van der Waals surface area (Å²) in [6, 6.07) is 12.3. The third-order valence-electron chi connectivity index (χ3n) is 5.74. The molecule has 0 aromatic heterocycles. The summed E-state index contributed by atoms with van der Waals surface area (Å²) in [5, 5.41) is 0.420. The van der Waals surface area contributed by atoms with Crippen LogP contribution in [0.5, 0.6) is 5.75 Å². The number of ether oxygens (including phenoxy) is 3. The smallest absolute Gasteiger partial charge is 0.412 e. The second-order valence-corrected chi connectivity index (χ2v) is 8.24. The largest absolute Gasteiger partial charge is 0.497 e. The van der Waals surface area contributed by atoms with Gasteiger partial charge >= 0.3 is 18.0 Å². The number of methoxy groups -OCH3 is 1. The zero-order valence-electron chi connectivity index (χ0n) is 18.6. The third-order valence-corrected chi connectivity index (χ3v) is 5.97. The minimum Gasteiger partial charge on any atom is -0.497 e. The molecular weight excluding hydrogens is 448 g/mol. The van der Waals surface area contributed by atoms with Crippen molar-refractivity contribution in [1.29, 1.82) is 0 Å². The number of nitrogens with two attached hydrogens (primary N) is 1. The minimum atomic E-state index is -1.10. The van der Waals surface area contributed by atoms with Crippen LogP contribution in [0.15, 0.2) is 42.5 Å². The Balaban J connectivity index is 1.76. The number of halogens is 1. The monoisotopic (exact) mass is 474 g/mol. The van der Waals surface area contributed by atoms with Crippen molar-refractivity contribution < 1.29 is 28.6 Å². The fourth-order valence-corrected chi connectivity index (χ4v) is 4.19. The van der Waals surface area contributed by atoms with Gasteiger partial charge in [0.2, 0.25) is 0 Å². The zero-order chi connectivity index (χ0) is 24.0. The van der Waals surface area contributed by atoms with Gasteiger partial charge in [-0.3, -0.25) is 4.79 Å². The van der Waals surface area contributed by atoms with Crippen LogP contribution in [0.2, 0.25) is 5.02 Å². The van der Waals surface area contributed by atoms with Gasteiger partial charge in [0.15, 0.2) is 0 Å². The van der Waals surface area contributed by atoms with Crippen LogP contribution in [0.1, 0.15) is 42.1 Å². The maximum Gasteiger partial charge on any atom is 0.412 e. The average molecular weight is 475 g/mol. The average Bonchev–Trinajstić information content (AvgIpc) is 2.82. The molecule has 1 fully saturated rings. The molecule has 2 N–H and O–H groups in total. The fourth-order valence-electron chi connectivity index (χ4n) is 4.02. The Morgan fingerprint density at radius 2 is 1.88 bits per heavy atom. The van der Waals surface area contributed by atoms with E-state index in [-0.39, 0.29) is 12.6 Å². The SMILES string of the molecule is CCC1CC(C(=O)OC(N)=O)CCN1c1ccc(Cl)cc1C(=O)OCc1ccc(OC)cc1. The van der Waals surface area contributed by atoms with Gasteiger partial charge in [-0.15, -0.1) is 0 Å². The lowest BCUT2D eigenvalue weighted by atomic mass is 9.88. The minimum absolute atomic E-state index is 0.0431. The van der Waals surface area contributed by atoms with Crippen LogP contribution in [0.3, 0.4) is 0 Å². The van der Waals surface area contributed by atoms with Crippen molar-refractivity contribution in [2.24, 2.45) is 11.7 Å². The quantitative estimate of drug-likeness (QED) is 0.470. The van der Waals surface area contributed by atoms with Gasteiger partial charge in [0.05, 0.1) is 24.3 Å². The van der Waals surface area contributed by atoms with Crippen molar-refractivity contribution >= 4 is 35.3 Å². The van der Waals surface area contributed by atoms with E-state index in [0.29, 0.717) is 35.7 Å². The first kappa shape index (κ1) is 24.4. The van der Waals surface area contributed by atoms with Gasteiger partial charge in [-0.05, 0) is 55.2 Å². The van der Waals surface area contributed by atoms with Crippen molar-refractivity contribution in [1.82, 2.24) is 0 Å². The van der Waals surface area contributed by atoms with Crippen LogP contribution in [0.25, 0.3) is 0 Å². The molecule has 1 heterocycles. The first-order chi connectivity index (χ1) is 15.8. The molecule has 2 aromatic rings. The summed E-state index contributed by atoms with van der Waals surface area (Å²) < 4.78 is 15.3. The molecule has 3 rings (SSSR count). The Bertz CT molecular complexity index is 1010. The highest BCUT2D eigenvalue weighted by molar-refractivity contribution is 6.31. The van der Waals surface area contributed by atoms with E-state index in [2.05, 4.69) is 9.64 Å². The summed E-state index contributed by atoms with van der Waals surface area (Å²) in [7, 11) is 1.59. The van der Waals surface area contributed by atoms with Gasteiger partial charge in [0.25, 0.3) is 0 Å².